The van der Waals surface area contributed by atoms with E-state index in [9.17, 15) is 4.79 Å². The van der Waals surface area contributed by atoms with Crippen molar-refractivity contribution in [2.75, 3.05) is 0 Å². The summed E-state index contributed by atoms with van der Waals surface area (Å²) in [7, 11) is 0. The normalized spacial score (nSPS) is 40.8. The van der Waals surface area contributed by atoms with Crippen molar-refractivity contribution >= 4 is 23.0 Å². The van der Waals surface area contributed by atoms with Crippen LogP contribution in [-0.4, -0.2) is 22.0 Å². The second-order valence-corrected chi connectivity index (χ2v) is 4.99. The number of carbonyl (C=O) groups excluding carboxylic acids is 1. The summed E-state index contributed by atoms with van der Waals surface area (Å²) in [5.74, 6) is -0.816. The average molecular weight is 229 g/mol. The Morgan fingerprint density at radius 3 is 2.27 bits per heavy atom. The van der Waals surface area contributed by atoms with Gasteiger partial charge in [0.15, 0.2) is 0 Å². The van der Waals surface area contributed by atoms with Gasteiger partial charge < -0.3 is 10.5 Å². The van der Waals surface area contributed by atoms with Gasteiger partial charge in [0.25, 0.3) is 0 Å². The topological polar surface area (TPSA) is 52.3 Å². The van der Waals surface area contributed by atoms with Crippen LogP contribution in [0.1, 0.15) is 40.5 Å². The zero-order valence-corrected chi connectivity index (χ0v) is 10.6. The number of primary amides is 1. The quantitative estimate of drug-likeness (QED) is 0.751. The third-order valence-electron chi connectivity index (χ3n) is 3.51. The molecule has 0 aliphatic carbocycles. The Morgan fingerprint density at radius 2 is 2.00 bits per heavy atom. The van der Waals surface area contributed by atoms with Crippen molar-refractivity contribution in [1.29, 1.82) is 0 Å². The highest BCUT2D eigenvalue weighted by molar-refractivity contribution is 7.80. The number of amides is 1. The molecule has 1 fully saturated rings. The van der Waals surface area contributed by atoms with Crippen molar-refractivity contribution in [1.82, 2.24) is 0 Å². The number of thiocarbonyl (C=S) groups is 1. The van der Waals surface area contributed by atoms with Gasteiger partial charge in [-0.1, -0.05) is 26.1 Å². The predicted octanol–water partition coefficient (Wildman–Crippen LogP) is 1.83. The summed E-state index contributed by atoms with van der Waals surface area (Å²) in [5, 5.41) is 0. The van der Waals surface area contributed by atoms with Gasteiger partial charge in [-0.3, -0.25) is 4.79 Å². The molecule has 0 radical (unpaired) electrons. The third-order valence-corrected chi connectivity index (χ3v) is 4.18. The van der Waals surface area contributed by atoms with E-state index in [1.807, 2.05) is 27.7 Å². The lowest BCUT2D eigenvalue weighted by Crippen LogP contribution is -2.42. The van der Waals surface area contributed by atoms with Gasteiger partial charge >= 0.3 is 0 Å². The molecule has 1 rings (SSSR count). The van der Waals surface area contributed by atoms with Gasteiger partial charge in [0.05, 0.1) is 11.2 Å². The molecular formula is C11H19NO2S. The fourth-order valence-corrected chi connectivity index (χ4v) is 2.71. The smallest absolute Gasteiger partial charge is 0.228 e. The molecule has 0 aromatic carbocycles. The second kappa shape index (κ2) is 3.83. The molecule has 2 N–H and O–H groups in total. The molecule has 0 bridgehead atoms. The summed E-state index contributed by atoms with van der Waals surface area (Å²) in [6, 6.07) is 0. The van der Waals surface area contributed by atoms with Crippen molar-refractivity contribution in [3.8, 4) is 0 Å². The molecule has 1 heterocycles. The summed E-state index contributed by atoms with van der Waals surface area (Å²) in [4.78, 5) is 12.1. The molecule has 1 saturated heterocycles. The van der Waals surface area contributed by atoms with Crippen molar-refractivity contribution in [3.05, 3.63) is 0 Å². The van der Waals surface area contributed by atoms with E-state index in [2.05, 4.69) is 0 Å². The maximum Gasteiger partial charge on any atom is 0.228 e. The van der Waals surface area contributed by atoms with Crippen molar-refractivity contribution in [2.24, 2.45) is 11.7 Å². The highest BCUT2D eigenvalue weighted by Crippen LogP contribution is 2.43. The average Bonchev–Trinajstić information content (AvgIpc) is 2.36. The number of ether oxygens (including phenoxy) is 1. The molecule has 0 saturated carbocycles. The number of carbonyl (C=O) groups is 1. The fourth-order valence-electron chi connectivity index (χ4n) is 2.16. The van der Waals surface area contributed by atoms with Gasteiger partial charge in [-0.2, -0.15) is 0 Å². The van der Waals surface area contributed by atoms with E-state index in [-0.39, 0.29) is 5.91 Å². The molecule has 15 heavy (non-hydrogen) atoms. The summed E-state index contributed by atoms with van der Waals surface area (Å²) in [6.07, 6.45) is 1.50. The minimum Gasteiger partial charge on any atom is -0.369 e. The molecule has 4 heteroatoms. The Balaban J connectivity index is 3.15. The Labute approximate surface area is 96.4 Å². The first-order valence-electron chi connectivity index (χ1n) is 5.34. The van der Waals surface area contributed by atoms with Crippen LogP contribution in [0.15, 0.2) is 0 Å². The summed E-state index contributed by atoms with van der Waals surface area (Å²) >= 11 is 5.34. The van der Waals surface area contributed by atoms with E-state index in [1.165, 1.54) is 0 Å². The highest BCUT2D eigenvalue weighted by Gasteiger charge is 2.55. The van der Waals surface area contributed by atoms with Gasteiger partial charge in [-0.25, -0.2) is 0 Å². The Kier molecular flexibility index (Phi) is 3.22. The molecule has 86 valence electrons. The zero-order chi connectivity index (χ0) is 11.9. The highest BCUT2D eigenvalue weighted by atomic mass is 32.1. The SMILES string of the molecule is CCC1(C)OC(C)(CC)C(C(N)=O)C1=S. The lowest BCUT2D eigenvalue weighted by atomic mass is 9.83. The van der Waals surface area contributed by atoms with Crippen LogP contribution in [0.4, 0.5) is 0 Å². The molecule has 0 aromatic heterocycles. The van der Waals surface area contributed by atoms with Gasteiger partial charge in [-0.15, -0.1) is 0 Å². The first-order valence-corrected chi connectivity index (χ1v) is 5.75. The van der Waals surface area contributed by atoms with Crippen LogP contribution < -0.4 is 5.73 Å². The van der Waals surface area contributed by atoms with Crippen LogP contribution in [0.25, 0.3) is 0 Å². The van der Waals surface area contributed by atoms with Crippen molar-refractivity contribution in [3.63, 3.8) is 0 Å². The summed E-state index contributed by atoms with van der Waals surface area (Å²) in [5.41, 5.74) is 4.39. The maximum absolute atomic E-state index is 11.4. The summed E-state index contributed by atoms with van der Waals surface area (Å²) in [6.45, 7) is 7.84. The van der Waals surface area contributed by atoms with Crippen LogP contribution in [0, 0.1) is 5.92 Å². The first kappa shape index (κ1) is 12.6. The van der Waals surface area contributed by atoms with E-state index in [1.54, 1.807) is 0 Å². The van der Waals surface area contributed by atoms with Crippen LogP contribution in [0.2, 0.25) is 0 Å². The molecule has 3 atom stereocenters. The Bertz CT molecular complexity index is 305. The maximum atomic E-state index is 11.4. The van der Waals surface area contributed by atoms with E-state index < -0.39 is 17.1 Å². The predicted molar refractivity (Wildman–Crippen MR) is 63.8 cm³/mol. The van der Waals surface area contributed by atoms with Crippen LogP contribution in [0.5, 0.6) is 0 Å². The second-order valence-electron chi connectivity index (χ2n) is 4.55. The van der Waals surface area contributed by atoms with E-state index in [0.29, 0.717) is 4.86 Å². The standard InChI is InChI=1S/C11H19NO2S/c1-5-10(3)7(9(12)13)8(15)11(4,6-2)14-10/h7H,5-6H2,1-4H3,(H2,12,13). The van der Waals surface area contributed by atoms with E-state index in [0.717, 1.165) is 12.8 Å². The van der Waals surface area contributed by atoms with Crippen molar-refractivity contribution < 1.29 is 9.53 Å². The molecule has 1 amide bonds. The van der Waals surface area contributed by atoms with Gasteiger partial charge in [0.1, 0.15) is 5.92 Å². The van der Waals surface area contributed by atoms with Crippen molar-refractivity contribution in [2.45, 2.75) is 51.7 Å². The first-order chi connectivity index (χ1) is 6.80. The van der Waals surface area contributed by atoms with Crippen LogP contribution in [-0.2, 0) is 9.53 Å². The fraction of sp³-hybridized carbons (Fsp3) is 0.818. The molecule has 1 aliphatic heterocycles. The molecule has 0 aromatic rings. The minimum absolute atomic E-state index is 0.374. The van der Waals surface area contributed by atoms with Crippen LogP contribution >= 0.6 is 12.2 Å². The number of nitrogens with two attached hydrogens (primary N) is 1. The van der Waals surface area contributed by atoms with Gasteiger partial charge in [0.2, 0.25) is 5.91 Å². The lowest BCUT2D eigenvalue weighted by Gasteiger charge is -2.29. The van der Waals surface area contributed by atoms with Gasteiger partial charge in [-0.05, 0) is 26.7 Å². The Morgan fingerprint density at radius 1 is 1.47 bits per heavy atom. The largest absolute Gasteiger partial charge is 0.369 e. The molecule has 3 unspecified atom stereocenters. The number of hydrogen-bond donors (Lipinski definition) is 1. The van der Waals surface area contributed by atoms with Gasteiger partial charge in [0, 0.05) is 4.86 Å². The number of hydrogen-bond acceptors (Lipinski definition) is 3. The van der Waals surface area contributed by atoms with Crippen LogP contribution in [0.3, 0.4) is 0 Å². The minimum atomic E-state index is -0.534. The van der Waals surface area contributed by atoms with E-state index in [4.69, 9.17) is 22.7 Å². The monoisotopic (exact) mass is 229 g/mol. The summed E-state index contributed by atoms with van der Waals surface area (Å²) < 4.78 is 5.98. The molecular weight excluding hydrogens is 210 g/mol. The lowest BCUT2D eigenvalue weighted by molar-refractivity contribution is -0.131. The number of rotatable bonds is 3. The third kappa shape index (κ3) is 1.81. The zero-order valence-electron chi connectivity index (χ0n) is 9.79. The molecule has 3 nitrogen and oxygen atoms in total. The van der Waals surface area contributed by atoms with E-state index >= 15 is 0 Å². The molecule has 0 spiro atoms. The Hall–Kier alpha value is -0.480. The molecule has 1 aliphatic rings.